The average Bonchev–Trinajstić information content (AvgIpc) is 3.10. The summed E-state index contributed by atoms with van der Waals surface area (Å²) in [5.41, 5.74) is -0.589. The van der Waals surface area contributed by atoms with Crippen LogP contribution in [0.3, 0.4) is 0 Å². The highest BCUT2D eigenvalue weighted by Gasteiger charge is 2.51. The fourth-order valence-electron chi connectivity index (χ4n) is 3.37. The minimum Gasteiger partial charge on any atom is -0.324 e. The molecular weight excluding hydrogens is 313 g/mol. The molecule has 2 aliphatic rings. The Morgan fingerprint density at radius 3 is 2.67 bits per heavy atom. The first kappa shape index (κ1) is 16.4. The van der Waals surface area contributed by atoms with Crippen molar-refractivity contribution in [1.29, 1.82) is 0 Å². The van der Waals surface area contributed by atoms with Crippen molar-refractivity contribution in [1.82, 2.24) is 10.2 Å². The first-order valence-electron chi connectivity index (χ1n) is 8.20. The van der Waals surface area contributed by atoms with Gasteiger partial charge in [-0.15, -0.1) is 0 Å². The van der Waals surface area contributed by atoms with Gasteiger partial charge >= 0.3 is 6.03 Å². The lowest BCUT2D eigenvalue weighted by molar-refractivity contribution is -0.131. The zero-order valence-corrected chi connectivity index (χ0v) is 13.3. The molecule has 0 radical (unpaired) electrons. The SMILES string of the molecule is O=C(CCCN1C(=O)NC2(CCCC2)C1=O)Nc1ccccc1F. The largest absolute Gasteiger partial charge is 0.325 e. The number of hydrogen-bond acceptors (Lipinski definition) is 3. The number of carbonyl (C=O) groups is 3. The van der Waals surface area contributed by atoms with Crippen LogP contribution in [-0.4, -0.2) is 34.8 Å². The van der Waals surface area contributed by atoms with Gasteiger partial charge in [-0.1, -0.05) is 25.0 Å². The van der Waals surface area contributed by atoms with E-state index in [0.29, 0.717) is 19.3 Å². The molecular formula is C17H20FN3O3. The normalized spacial score (nSPS) is 19.0. The van der Waals surface area contributed by atoms with Crippen molar-refractivity contribution in [2.24, 2.45) is 0 Å². The number of para-hydroxylation sites is 1. The van der Waals surface area contributed by atoms with Crippen LogP contribution in [0.2, 0.25) is 0 Å². The molecule has 3 rings (SSSR count). The van der Waals surface area contributed by atoms with Gasteiger partial charge in [-0.25, -0.2) is 9.18 Å². The van der Waals surface area contributed by atoms with E-state index in [4.69, 9.17) is 0 Å². The summed E-state index contributed by atoms with van der Waals surface area (Å²) in [6.45, 7) is 0.192. The van der Waals surface area contributed by atoms with Gasteiger partial charge in [0.2, 0.25) is 5.91 Å². The monoisotopic (exact) mass is 333 g/mol. The first-order chi connectivity index (χ1) is 11.5. The summed E-state index contributed by atoms with van der Waals surface area (Å²) in [5, 5.41) is 5.29. The van der Waals surface area contributed by atoms with E-state index >= 15 is 0 Å². The molecule has 0 atom stereocenters. The maximum Gasteiger partial charge on any atom is 0.325 e. The predicted molar refractivity (Wildman–Crippen MR) is 85.7 cm³/mol. The lowest BCUT2D eigenvalue weighted by Gasteiger charge is -2.19. The summed E-state index contributed by atoms with van der Waals surface area (Å²) in [4.78, 5) is 37.5. The number of halogens is 1. The van der Waals surface area contributed by atoms with Gasteiger partial charge in [0.1, 0.15) is 11.4 Å². The quantitative estimate of drug-likeness (QED) is 0.812. The van der Waals surface area contributed by atoms with Gasteiger partial charge in [-0.2, -0.15) is 0 Å². The number of benzene rings is 1. The number of imide groups is 1. The van der Waals surface area contributed by atoms with Crippen LogP contribution >= 0.6 is 0 Å². The topological polar surface area (TPSA) is 78.5 Å². The predicted octanol–water partition coefficient (Wildman–Crippen LogP) is 2.41. The molecule has 128 valence electrons. The maximum atomic E-state index is 13.5. The number of anilines is 1. The van der Waals surface area contributed by atoms with Gasteiger partial charge in [-0.05, 0) is 31.4 Å². The Labute approximate surface area is 139 Å². The van der Waals surface area contributed by atoms with Gasteiger partial charge in [0, 0.05) is 13.0 Å². The third kappa shape index (κ3) is 3.11. The second-order valence-electron chi connectivity index (χ2n) is 6.31. The van der Waals surface area contributed by atoms with Crippen molar-refractivity contribution in [2.45, 2.75) is 44.1 Å². The zero-order chi connectivity index (χ0) is 17.2. The second-order valence-corrected chi connectivity index (χ2v) is 6.31. The van der Waals surface area contributed by atoms with Crippen molar-refractivity contribution in [2.75, 3.05) is 11.9 Å². The van der Waals surface area contributed by atoms with E-state index in [1.165, 1.54) is 17.0 Å². The molecule has 1 aromatic carbocycles. The molecule has 1 heterocycles. The molecule has 2 fully saturated rings. The molecule has 1 aromatic rings. The fraction of sp³-hybridized carbons (Fsp3) is 0.471. The highest BCUT2D eigenvalue weighted by Crippen LogP contribution is 2.35. The Morgan fingerprint density at radius 2 is 1.96 bits per heavy atom. The standard InChI is InChI=1S/C17H20FN3O3/c18-12-6-1-2-7-13(12)19-14(22)8-5-11-21-15(23)17(20-16(21)24)9-3-4-10-17/h1-2,6-7H,3-5,8-11H2,(H,19,22)(H,20,24). The highest BCUT2D eigenvalue weighted by atomic mass is 19.1. The van der Waals surface area contributed by atoms with Gasteiger partial charge in [0.25, 0.3) is 5.91 Å². The van der Waals surface area contributed by atoms with Gasteiger partial charge in [0.05, 0.1) is 5.69 Å². The van der Waals surface area contributed by atoms with Crippen LogP contribution in [0.1, 0.15) is 38.5 Å². The number of nitrogens with zero attached hydrogens (tertiary/aromatic N) is 1. The van der Waals surface area contributed by atoms with E-state index < -0.39 is 11.4 Å². The van der Waals surface area contributed by atoms with Crippen molar-refractivity contribution in [3.8, 4) is 0 Å². The van der Waals surface area contributed by atoms with Gasteiger partial charge in [0.15, 0.2) is 0 Å². The molecule has 6 nitrogen and oxygen atoms in total. The molecule has 1 aliphatic heterocycles. The molecule has 0 unspecified atom stereocenters. The van der Waals surface area contributed by atoms with E-state index in [2.05, 4.69) is 10.6 Å². The van der Waals surface area contributed by atoms with Crippen LogP contribution in [0.5, 0.6) is 0 Å². The van der Waals surface area contributed by atoms with Crippen LogP contribution in [0.25, 0.3) is 0 Å². The third-order valence-corrected chi connectivity index (χ3v) is 4.64. The number of rotatable bonds is 5. The van der Waals surface area contributed by atoms with Crippen LogP contribution in [0.4, 0.5) is 14.9 Å². The Hall–Kier alpha value is -2.44. The molecule has 0 aromatic heterocycles. The van der Waals surface area contributed by atoms with E-state index in [1.807, 2.05) is 0 Å². The summed E-state index contributed by atoms with van der Waals surface area (Å²) in [7, 11) is 0. The number of urea groups is 1. The third-order valence-electron chi connectivity index (χ3n) is 4.64. The van der Waals surface area contributed by atoms with Crippen molar-refractivity contribution in [3.63, 3.8) is 0 Å². The highest BCUT2D eigenvalue weighted by molar-refractivity contribution is 6.07. The molecule has 7 heteroatoms. The van der Waals surface area contributed by atoms with Gasteiger partial charge in [-0.3, -0.25) is 14.5 Å². The van der Waals surface area contributed by atoms with Crippen LogP contribution in [-0.2, 0) is 9.59 Å². The smallest absolute Gasteiger partial charge is 0.324 e. The lowest BCUT2D eigenvalue weighted by Crippen LogP contribution is -2.44. The van der Waals surface area contributed by atoms with Gasteiger partial charge < -0.3 is 10.6 Å². The van der Waals surface area contributed by atoms with E-state index in [9.17, 15) is 18.8 Å². The minimum absolute atomic E-state index is 0.110. The second kappa shape index (κ2) is 6.59. The summed E-state index contributed by atoms with van der Waals surface area (Å²) < 4.78 is 13.5. The van der Waals surface area contributed by atoms with E-state index in [0.717, 1.165) is 12.8 Å². The number of carbonyl (C=O) groups excluding carboxylic acids is 3. The van der Waals surface area contributed by atoms with E-state index in [-0.39, 0.29) is 36.5 Å². The lowest BCUT2D eigenvalue weighted by atomic mass is 9.98. The van der Waals surface area contributed by atoms with Crippen LogP contribution in [0, 0.1) is 5.82 Å². The average molecular weight is 333 g/mol. The molecule has 1 aliphatic carbocycles. The molecule has 2 N–H and O–H groups in total. The number of nitrogens with one attached hydrogen (secondary N) is 2. The van der Waals surface area contributed by atoms with Crippen molar-refractivity contribution < 1.29 is 18.8 Å². The van der Waals surface area contributed by atoms with Crippen LogP contribution in [0.15, 0.2) is 24.3 Å². The summed E-state index contributed by atoms with van der Waals surface area (Å²) in [5.74, 6) is -1.02. The number of amides is 4. The number of hydrogen-bond donors (Lipinski definition) is 2. The fourth-order valence-corrected chi connectivity index (χ4v) is 3.37. The zero-order valence-electron chi connectivity index (χ0n) is 13.3. The Morgan fingerprint density at radius 1 is 1.25 bits per heavy atom. The summed E-state index contributed by atoms with van der Waals surface area (Å²) in [6.07, 6.45) is 3.69. The molecule has 0 bridgehead atoms. The molecule has 1 spiro atoms. The Balaban J connectivity index is 1.49. The molecule has 24 heavy (non-hydrogen) atoms. The van der Waals surface area contributed by atoms with Crippen LogP contribution < -0.4 is 10.6 Å². The molecule has 4 amide bonds. The Bertz CT molecular complexity index is 671. The summed E-state index contributed by atoms with van der Waals surface area (Å²) in [6, 6.07) is 5.55. The maximum absolute atomic E-state index is 13.5. The van der Waals surface area contributed by atoms with E-state index in [1.54, 1.807) is 12.1 Å². The van der Waals surface area contributed by atoms with Crippen molar-refractivity contribution >= 4 is 23.5 Å². The first-order valence-corrected chi connectivity index (χ1v) is 8.20. The molecule has 1 saturated heterocycles. The molecule has 1 saturated carbocycles. The Kier molecular flexibility index (Phi) is 4.51. The van der Waals surface area contributed by atoms with Crippen molar-refractivity contribution in [3.05, 3.63) is 30.1 Å². The minimum atomic E-state index is -0.716. The summed E-state index contributed by atoms with van der Waals surface area (Å²) >= 11 is 0.